The molecule has 8 aromatic carbocycles. The van der Waals surface area contributed by atoms with Gasteiger partial charge in [-0.1, -0.05) is 115 Å². The second-order valence-corrected chi connectivity index (χ2v) is 15.3. The van der Waals surface area contributed by atoms with Crippen LogP contribution in [0.4, 0.5) is 34.1 Å². The first-order chi connectivity index (χ1) is 27.7. The Balaban J connectivity index is 1.08. The Morgan fingerprint density at radius 2 is 0.911 bits per heavy atom. The molecule has 11 rings (SSSR count). The highest BCUT2D eigenvalue weighted by molar-refractivity contribution is 6.06. The highest BCUT2D eigenvalue weighted by Crippen LogP contribution is 2.55. The van der Waals surface area contributed by atoms with Crippen molar-refractivity contribution in [3.05, 3.63) is 216 Å². The molecule has 2 aliphatic carbocycles. The highest BCUT2D eigenvalue weighted by atomic mass is 16.3. The number of hydrogen-bond donors (Lipinski definition) is 0. The van der Waals surface area contributed by atoms with E-state index in [1.54, 1.807) is 0 Å². The zero-order valence-electron chi connectivity index (χ0n) is 31.1. The van der Waals surface area contributed by atoms with Crippen molar-refractivity contribution in [2.75, 3.05) is 9.80 Å². The quantitative estimate of drug-likeness (QED) is 0.163. The van der Waals surface area contributed by atoms with Crippen LogP contribution in [-0.4, -0.2) is 0 Å². The van der Waals surface area contributed by atoms with Crippen molar-refractivity contribution in [1.29, 1.82) is 0 Å². The second-order valence-electron chi connectivity index (χ2n) is 15.3. The standard InChI is InChI=1S/C53H40N2O/c1-4-14-37(15-5-1)45-20-10-12-22-50(45)55(44-28-29-47-46-21-11-13-23-51(46)56-52(47)36-44)43-27-25-39-31-33-53(49(39)35-43)32-30-38-24-26-42(34-48(38)53)54(40-16-6-2-7-17-40)41-18-8-3-9-19-41/h1-29,34-36H,30-33H2/t53-/m1/s1. The van der Waals surface area contributed by atoms with Crippen molar-refractivity contribution >= 4 is 56.1 Å². The Labute approximate surface area is 327 Å². The van der Waals surface area contributed by atoms with Crippen molar-refractivity contribution < 1.29 is 4.42 Å². The maximum absolute atomic E-state index is 6.48. The summed E-state index contributed by atoms with van der Waals surface area (Å²) in [6, 6.07) is 70.6. The molecule has 3 heteroatoms. The van der Waals surface area contributed by atoms with Crippen LogP contribution in [0.5, 0.6) is 0 Å². The minimum Gasteiger partial charge on any atom is -0.456 e. The smallest absolute Gasteiger partial charge is 0.137 e. The third-order valence-electron chi connectivity index (χ3n) is 12.3. The van der Waals surface area contributed by atoms with Crippen molar-refractivity contribution in [3.8, 4) is 11.1 Å². The molecule has 3 nitrogen and oxygen atoms in total. The predicted molar refractivity (Wildman–Crippen MR) is 232 cm³/mol. The van der Waals surface area contributed by atoms with Gasteiger partial charge in [-0.15, -0.1) is 0 Å². The first-order valence-corrected chi connectivity index (χ1v) is 19.8. The van der Waals surface area contributed by atoms with Crippen LogP contribution in [0.2, 0.25) is 0 Å². The largest absolute Gasteiger partial charge is 0.456 e. The number of rotatable bonds is 7. The van der Waals surface area contributed by atoms with Gasteiger partial charge >= 0.3 is 0 Å². The Morgan fingerprint density at radius 3 is 1.59 bits per heavy atom. The molecule has 0 radical (unpaired) electrons. The summed E-state index contributed by atoms with van der Waals surface area (Å²) >= 11 is 0. The lowest BCUT2D eigenvalue weighted by Crippen LogP contribution is -2.22. The molecular weight excluding hydrogens is 681 g/mol. The monoisotopic (exact) mass is 720 g/mol. The molecule has 0 fully saturated rings. The van der Waals surface area contributed by atoms with Gasteiger partial charge in [0.05, 0.1) is 5.69 Å². The molecular formula is C53H40N2O. The summed E-state index contributed by atoms with van der Waals surface area (Å²) in [6.07, 6.45) is 4.39. The number of anilines is 6. The molecule has 0 saturated heterocycles. The molecule has 0 amide bonds. The third kappa shape index (κ3) is 5.26. The summed E-state index contributed by atoms with van der Waals surface area (Å²) in [5, 5.41) is 2.27. The van der Waals surface area contributed by atoms with Gasteiger partial charge in [0.25, 0.3) is 0 Å². The lowest BCUT2D eigenvalue weighted by molar-refractivity contribution is 0.507. The molecule has 0 unspecified atom stereocenters. The number of nitrogens with zero attached hydrogens (tertiary/aromatic N) is 2. The van der Waals surface area contributed by atoms with E-state index >= 15 is 0 Å². The number of fused-ring (bicyclic) bond motifs is 7. The first kappa shape index (κ1) is 32.6. The summed E-state index contributed by atoms with van der Waals surface area (Å²) in [5.74, 6) is 0. The van der Waals surface area contributed by atoms with Crippen LogP contribution in [0.1, 0.15) is 35.1 Å². The third-order valence-corrected chi connectivity index (χ3v) is 12.3. The van der Waals surface area contributed by atoms with Gasteiger partial charge in [0.15, 0.2) is 0 Å². The highest BCUT2D eigenvalue weighted by Gasteiger charge is 2.45. The Bertz CT molecular complexity index is 2840. The van der Waals surface area contributed by atoms with Gasteiger partial charge in [0, 0.05) is 56.3 Å². The summed E-state index contributed by atoms with van der Waals surface area (Å²) in [7, 11) is 0. The van der Waals surface area contributed by atoms with Crippen molar-refractivity contribution in [2.24, 2.45) is 0 Å². The van der Waals surface area contributed by atoms with Crippen LogP contribution in [0.25, 0.3) is 33.1 Å². The molecule has 1 heterocycles. The summed E-state index contributed by atoms with van der Waals surface area (Å²) < 4.78 is 6.48. The van der Waals surface area contributed by atoms with E-state index in [0.29, 0.717) is 0 Å². The van der Waals surface area contributed by atoms with Crippen LogP contribution in [0.3, 0.4) is 0 Å². The van der Waals surface area contributed by atoms with Crippen LogP contribution in [-0.2, 0) is 18.3 Å². The van der Waals surface area contributed by atoms with E-state index in [9.17, 15) is 0 Å². The molecule has 1 atom stereocenters. The first-order valence-electron chi connectivity index (χ1n) is 19.8. The van der Waals surface area contributed by atoms with E-state index in [-0.39, 0.29) is 5.41 Å². The molecule has 268 valence electrons. The minimum absolute atomic E-state index is 0.0525. The summed E-state index contributed by atoms with van der Waals surface area (Å²) in [5.41, 5.74) is 16.9. The normalized spacial score (nSPS) is 15.6. The molecule has 2 aliphatic rings. The average Bonchev–Trinajstić information content (AvgIpc) is 3.95. The zero-order chi connectivity index (χ0) is 37.1. The molecule has 0 N–H and O–H groups in total. The maximum atomic E-state index is 6.48. The molecule has 0 saturated carbocycles. The molecule has 0 bridgehead atoms. The molecule has 1 aromatic heterocycles. The van der Waals surface area contributed by atoms with E-state index in [0.717, 1.165) is 76.1 Å². The van der Waals surface area contributed by atoms with E-state index in [4.69, 9.17) is 4.42 Å². The predicted octanol–water partition coefficient (Wildman–Crippen LogP) is 14.4. The van der Waals surface area contributed by atoms with Crippen LogP contribution >= 0.6 is 0 Å². The van der Waals surface area contributed by atoms with E-state index in [1.807, 2.05) is 6.07 Å². The van der Waals surface area contributed by atoms with Gasteiger partial charge in [-0.2, -0.15) is 0 Å². The van der Waals surface area contributed by atoms with Gasteiger partial charge in [-0.05, 0) is 126 Å². The fourth-order valence-corrected chi connectivity index (χ4v) is 9.65. The Kier molecular flexibility index (Phi) is 7.67. The lowest BCUT2D eigenvalue weighted by Gasteiger charge is -2.32. The maximum Gasteiger partial charge on any atom is 0.137 e. The average molecular weight is 721 g/mol. The van der Waals surface area contributed by atoms with Gasteiger partial charge in [-0.25, -0.2) is 0 Å². The van der Waals surface area contributed by atoms with Gasteiger partial charge in [0.1, 0.15) is 11.2 Å². The molecule has 9 aromatic rings. The van der Waals surface area contributed by atoms with Crippen molar-refractivity contribution in [3.63, 3.8) is 0 Å². The number of furan rings is 1. The summed E-state index contributed by atoms with van der Waals surface area (Å²) in [6.45, 7) is 0. The van der Waals surface area contributed by atoms with Gasteiger partial charge in [-0.3, -0.25) is 0 Å². The SMILES string of the molecule is c1ccc(-c2ccccc2N(c2ccc3c(c2)[C@]2(CCc4ccc(N(c5ccccc5)c5ccccc5)cc42)CC3)c2ccc3c(c2)oc2ccccc23)cc1. The molecule has 1 spiro atoms. The number of para-hydroxylation sites is 4. The second kappa shape index (κ2) is 13.2. The molecule has 56 heavy (non-hydrogen) atoms. The summed E-state index contributed by atoms with van der Waals surface area (Å²) in [4.78, 5) is 4.84. The van der Waals surface area contributed by atoms with E-state index in [1.165, 1.54) is 39.1 Å². The van der Waals surface area contributed by atoms with E-state index in [2.05, 4.69) is 198 Å². The van der Waals surface area contributed by atoms with Crippen molar-refractivity contribution in [1.82, 2.24) is 0 Å². The number of benzene rings is 8. The number of hydrogen-bond acceptors (Lipinski definition) is 3. The fraction of sp³-hybridized carbons (Fsp3) is 0.0943. The topological polar surface area (TPSA) is 19.6 Å². The van der Waals surface area contributed by atoms with Gasteiger partial charge < -0.3 is 14.2 Å². The lowest BCUT2D eigenvalue weighted by atomic mass is 9.76. The van der Waals surface area contributed by atoms with E-state index < -0.39 is 0 Å². The number of aryl methyl sites for hydroxylation is 2. The fourth-order valence-electron chi connectivity index (χ4n) is 9.65. The minimum atomic E-state index is -0.0525. The Hall–Kier alpha value is -6.84. The zero-order valence-corrected chi connectivity index (χ0v) is 31.1. The molecule has 0 aliphatic heterocycles. The van der Waals surface area contributed by atoms with Crippen LogP contribution < -0.4 is 9.80 Å². The van der Waals surface area contributed by atoms with Crippen LogP contribution in [0, 0.1) is 0 Å². The van der Waals surface area contributed by atoms with Gasteiger partial charge in [0.2, 0.25) is 0 Å². The Morgan fingerprint density at radius 1 is 0.393 bits per heavy atom. The van der Waals surface area contributed by atoms with Crippen molar-refractivity contribution in [2.45, 2.75) is 31.1 Å². The van der Waals surface area contributed by atoms with Crippen LogP contribution in [0.15, 0.2) is 199 Å².